The van der Waals surface area contributed by atoms with E-state index >= 15 is 0 Å². The first-order valence-corrected chi connectivity index (χ1v) is 10.9. The van der Waals surface area contributed by atoms with Gasteiger partial charge in [0.1, 0.15) is 17.3 Å². The van der Waals surface area contributed by atoms with Crippen molar-refractivity contribution in [2.75, 3.05) is 17.7 Å². The first-order valence-electron chi connectivity index (χ1n) is 10.9. The van der Waals surface area contributed by atoms with E-state index in [9.17, 15) is 18.8 Å². The summed E-state index contributed by atoms with van der Waals surface area (Å²) in [6.07, 6.45) is 4.81. The number of imidazole rings is 1. The van der Waals surface area contributed by atoms with Gasteiger partial charge in [0, 0.05) is 29.9 Å². The van der Waals surface area contributed by atoms with E-state index in [4.69, 9.17) is 11.6 Å². The Hall–Kier alpha value is -4.54. The molecule has 5 N–H and O–H groups in total. The minimum atomic E-state index is -0.780. The molecule has 35 heavy (non-hydrogen) atoms. The summed E-state index contributed by atoms with van der Waals surface area (Å²) in [6.45, 7) is 4.08. The number of primary amides is 1. The molecule has 3 amide bonds. The minimum absolute atomic E-state index is 0.0160. The van der Waals surface area contributed by atoms with Crippen LogP contribution < -0.4 is 16.9 Å². The Bertz CT molecular complexity index is 1300. The molecule has 0 aliphatic carbocycles. The number of nitrogens with two attached hydrogens (primary N) is 2. The molecule has 3 heterocycles. The quantitative estimate of drug-likeness (QED) is 0.367. The number of carbonyl (C=O) groups excluding carboxylic acids is 3. The Kier molecular flexibility index (Phi) is 6.58. The summed E-state index contributed by atoms with van der Waals surface area (Å²) < 4.78 is 14.5. The standard InChI is InChI=1S/C24H24FN7O3/c1-2-19(33)31-12-4-3-5-17(31)23-30-20(21(22(26)34)32(23)27)14-6-8-15(9-7-14)24(35)29-18-13-16(25)10-11-28-18/h2,6-11,13,17H,1,3-5,12,27H2,(H2,26,34)(H,28,29,35). The number of piperidine rings is 1. The summed E-state index contributed by atoms with van der Waals surface area (Å²) in [5.74, 6) is 4.61. The molecule has 1 aromatic carbocycles. The second-order valence-electron chi connectivity index (χ2n) is 8.04. The molecule has 3 aromatic rings. The number of hydrogen-bond donors (Lipinski definition) is 3. The molecular formula is C24H24FN7O3. The van der Waals surface area contributed by atoms with E-state index in [0.717, 1.165) is 23.6 Å². The van der Waals surface area contributed by atoms with Crippen molar-refractivity contribution < 1.29 is 18.8 Å². The average Bonchev–Trinajstić information content (AvgIpc) is 3.20. The smallest absolute Gasteiger partial charge is 0.269 e. The van der Waals surface area contributed by atoms with Crippen LogP contribution in [0.25, 0.3) is 11.3 Å². The number of likely N-dealkylation sites (tertiary alicyclic amines) is 1. The first-order chi connectivity index (χ1) is 16.8. The van der Waals surface area contributed by atoms with Crippen molar-refractivity contribution in [2.24, 2.45) is 5.73 Å². The Balaban J connectivity index is 1.65. The molecule has 0 radical (unpaired) electrons. The van der Waals surface area contributed by atoms with Crippen molar-refractivity contribution >= 4 is 23.5 Å². The molecule has 11 heteroatoms. The van der Waals surface area contributed by atoms with E-state index in [-0.39, 0.29) is 28.7 Å². The largest absolute Gasteiger partial charge is 0.364 e. The van der Waals surface area contributed by atoms with E-state index < -0.39 is 23.7 Å². The lowest BCUT2D eigenvalue weighted by molar-refractivity contribution is -0.129. The lowest BCUT2D eigenvalue weighted by Crippen LogP contribution is -2.39. The molecule has 1 atom stereocenters. The average molecular weight is 478 g/mol. The van der Waals surface area contributed by atoms with Crippen LogP contribution in [0.3, 0.4) is 0 Å². The highest BCUT2D eigenvalue weighted by Crippen LogP contribution is 2.33. The van der Waals surface area contributed by atoms with Crippen LogP contribution in [0.1, 0.15) is 52.0 Å². The highest BCUT2D eigenvalue weighted by atomic mass is 19.1. The van der Waals surface area contributed by atoms with Gasteiger partial charge in [0.25, 0.3) is 11.8 Å². The zero-order valence-electron chi connectivity index (χ0n) is 18.8. The van der Waals surface area contributed by atoms with E-state index in [2.05, 4.69) is 21.9 Å². The van der Waals surface area contributed by atoms with Gasteiger partial charge in [-0.3, -0.25) is 14.4 Å². The number of benzene rings is 1. The molecular weight excluding hydrogens is 453 g/mol. The third-order valence-corrected chi connectivity index (χ3v) is 5.81. The predicted molar refractivity (Wildman–Crippen MR) is 127 cm³/mol. The highest BCUT2D eigenvalue weighted by Gasteiger charge is 2.33. The van der Waals surface area contributed by atoms with Crippen LogP contribution in [-0.2, 0) is 4.79 Å². The fourth-order valence-corrected chi connectivity index (χ4v) is 4.14. The van der Waals surface area contributed by atoms with E-state index in [1.54, 1.807) is 17.0 Å². The zero-order valence-corrected chi connectivity index (χ0v) is 18.8. The van der Waals surface area contributed by atoms with Gasteiger partial charge in [-0.25, -0.2) is 19.0 Å². The molecule has 10 nitrogen and oxygen atoms in total. The fraction of sp³-hybridized carbons (Fsp3) is 0.208. The van der Waals surface area contributed by atoms with Gasteiger partial charge >= 0.3 is 0 Å². The number of anilines is 1. The molecule has 0 bridgehead atoms. The van der Waals surface area contributed by atoms with Crippen molar-refractivity contribution in [1.29, 1.82) is 0 Å². The van der Waals surface area contributed by atoms with Gasteiger partial charge in [0.2, 0.25) is 5.91 Å². The molecule has 1 aliphatic rings. The molecule has 4 rings (SSSR count). The van der Waals surface area contributed by atoms with Gasteiger partial charge in [-0.1, -0.05) is 18.7 Å². The molecule has 1 unspecified atom stereocenters. The van der Waals surface area contributed by atoms with Gasteiger partial charge in [0.05, 0.1) is 6.04 Å². The molecule has 1 fully saturated rings. The van der Waals surface area contributed by atoms with Crippen LogP contribution in [0.2, 0.25) is 0 Å². The monoisotopic (exact) mass is 477 g/mol. The normalized spacial score (nSPS) is 15.5. The van der Waals surface area contributed by atoms with Crippen molar-refractivity contribution in [1.82, 2.24) is 19.5 Å². The van der Waals surface area contributed by atoms with Crippen molar-refractivity contribution in [2.45, 2.75) is 25.3 Å². The Morgan fingerprint density at radius 3 is 2.57 bits per heavy atom. The van der Waals surface area contributed by atoms with E-state index in [1.807, 2.05) is 0 Å². The zero-order chi connectivity index (χ0) is 25.1. The summed E-state index contributed by atoms with van der Waals surface area (Å²) in [6, 6.07) is 8.09. The second-order valence-corrected chi connectivity index (χ2v) is 8.04. The molecule has 1 saturated heterocycles. The number of nitrogens with one attached hydrogen (secondary N) is 1. The Labute approximate surface area is 200 Å². The Morgan fingerprint density at radius 2 is 1.91 bits per heavy atom. The summed E-state index contributed by atoms with van der Waals surface area (Å²) in [7, 11) is 0. The molecule has 180 valence electrons. The number of pyridine rings is 1. The summed E-state index contributed by atoms with van der Waals surface area (Å²) in [4.78, 5) is 47.3. The Morgan fingerprint density at radius 1 is 1.17 bits per heavy atom. The van der Waals surface area contributed by atoms with E-state index in [0.29, 0.717) is 24.4 Å². The van der Waals surface area contributed by atoms with Crippen LogP contribution in [0, 0.1) is 5.82 Å². The van der Waals surface area contributed by atoms with Crippen LogP contribution in [0.4, 0.5) is 10.2 Å². The minimum Gasteiger partial charge on any atom is -0.364 e. The first kappa shape index (κ1) is 23.6. The lowest BCUT2D eigenvalue weighted by atomic mass is 10.0. The maximum Gasteiger partial charge on any atom is 0.269 e. The number of rotatable bonds is 6. The number of aromatic nitrogens is 3. The molecule has 0 spiro atoms. The molecule has 2 aromatic heterocycles. The maximum atomic E-state index is 13.3. The van der Waals surface area contributed by atoms with Crippen LogP contribution >= 0.6 is 0 Å². The van der Waals surface area contributed by atoms with Crippen LogP contribution in [0.5, 0.6) is 0 Å². The van der Waals surface area contributed by atoms with Crippen molar-refractivity contribution in [3.63, 3.8) is 0 Å². The number of amides is 3. The number of carbonyl (C=O) groups is 3. The van der Waals surface area contributed by atoms with Gasteiger partial charge in [0.15, 0.2) is 11.5 Å². The number of nitrogen functional groups attached to an aromatic ring is 1. The van der Waals surface area contributed by atoms with Crippen LogP contribution in [-0.4, -0.2) is 43.8 Å². The number of halogens is 1. The second kappa shape index (κ2) is 9.75. The number of hydrogen-bond acceptors (Lipinski definition) is 6. The number of nitrogens with zero attached hydrogens (tertiary/aromatic N) is 4. The van der Waals surface area contributed by atoms with Gasteiger partial charge in [-0.2, -0.15) is 0 Å². The summed E-state index contributed by atoms with van der Waals surface area (Å²) >= 11 is 0. The van der Waals surface area contributed by atoms with Crippen molar-refractivity contribution in [3.8, 4) is 11.3 Å². The predicted octanol–water partition coefficient (Wildman–Crippen LogP) is 2.39. The maximum absolute atomic E-state index is 13.3. The molecule has 1 aliphatic heterocycles. The topological polar surface area (TPSA) is 149 Å². The highest BCUT2D eigenvalue weighted by molar-refractivity contribution is 6.04. The SMILES string of the molecule is C=CC(=O)N1CCCCC1c1nc(-c2ccc(C(=O)Nc3cc(F)ccn3)cc2)c(C(N)=O)n1N. The van der Waals surface area contributed by atoms with Crippen LogP contribution in [0.15, 0.2) is 55.3 Å². The van der Waals surface area contributed by atoms with Gasteiger partial charge < -0.3 is 21.8 Å². The summed E-state index contributed by atoms with van der Waals surface area (Å²) in [5.41, 5.74) is 6.62. The third kappa shape index (κ3) is 4.74. The lowest BCUT2D eigenvalue weighted by Gasteiger charge is -2.34. The van der Waals surface area contributed by atoms with E-state index in [1.165, 1.54) is 30.5 Å². The third-order valence-electron chi connectivity index (χ3n) is 5.81. The fourth-order valence-electron chi connectivity index (χ4n) is 4.14. The molecule has 0 saturated carbocycles. The van der Waals surface area contributed by atoms with Gasteiger partial charge in [-0.05, 0) is 43.5 Å². The van der Waals surface area contributed by atoms with Gasteiger partial charge in [-0.15, -0.1) is 0 Å². The van der Waals surface area contributed by atoms with Crippen molar-refractivity contribution in [3.05, 3.63) is 78.1 Å². The summed E-state index contributed by atoms with van der Waals surface area (Å²) in [5, 5.41) is 2.52.